The number of rotatable bonds is 6. The standard InChI is InChI=1S/C15H21FN2O2/c16-12-4-1-5-13(10-12)17-15(20)11-18-8-2-6-14(18)7-3-9-19/h1,4-5,10,14,19H,2-3,6-9,11H2,(H,17,20). The number of likely N-dealkylation sites (tertiary alicyclic amines) is 1. The number of aliphatic hydroxyl groups excluding tert-OH is 1. The largest absolute Gasteiger partial charge is 0.396 e. The molecule has 110 valence electrons. The lowest BCUT2D eigenvalue weighted by molar-refractivity contribution is -0.117. The van der Waals surface area contributed by atoms with Gasteiger partial charge in [0.2, 0.25) is 5.91 Å². The number of amides is 1. The van der Waals surface area contributed by atoms with Crippen molar-refractivity contribution in [2.45, 2.75) is 31.7 Å². The number of nitrogens with one attached hydrogen (secondary N) is 1. The Morgan fingerprint density at radius 3 is 3.10 bits per heavy atom. The molecule has 5 heteroatoms. The van der Waals surface area contributed by atoms with Crippen LogP contribution >= 0.6 is 0 Å². The number of nitrogens with zero attached hydrogens (tertiary/aromatic N) is 1. The number of hydrogen-bond acceptors (Lipinski definition) is 3. The number of carbonyl (C=O) groups excluding carboxylic acids is 1. The van der Waals surface area contributed by atoms with E-state index in [0.717, 1.165) is 32.2 Å². The molecule has 1 saturated heterocycles. The van der Waals surface area contributed by atoms with E-state index >= 15 is 0 Å². The first kappa shape index (κ1) is 14.9. The summed E-state index contributed by atoms with van der Waals surface area (Å²) in [6.45, 7) is 1.43. The van der Waals surface area contributed by atoms with Gasteiger partial charge in [0.15, 0.2) is 0 Å². The lowest BCUT2D eigenvalue weighted by Gasteiger charge is -2.23. The van der Waals surface area contributed by atoms with Crippen LogP contribution < -0.4 is 5.32 Å². The molecule has 1 unspecified atom stereocenters. The van der Waals surface area contributed by atoms with Crippen molar-refractivity contribution < 1.29 is 14.3 Å². The zero-order valence-corrected chi connectivity index (χ0v) is 11.5. The lowest BCUT2D eigenvalue weighted by Crippen LogP contribution is -2.36. The van der Waals surface area contributed by atoms with Gasteiger partial charge in [-0.3, -0.25) is 9.69 Å². The first-order valence-electron chi connectivity index (χ1n) is 7.09. The minimum Gasteiger partial charge on any atom is -0.396 e. The predicted octanol–water partition coefficient (Wildman–Crippen LogP) is 2.00. The smallest absolute Gasteiger partial charge is 0.238 e. The van der Waals surface area contributed by atoms with Gasteiger partial charge in [0.1, 0.15) is 5.82 Å². The highest BCUT2D eigenvalue weighted by Gasteiger charge is 2.25. The van der Waals surface area contributed by atoms with Crippen molar-refractivity contribution in [3.05, 3.63) is 30.1 Å². The summed E-state index contributed by atoms with van der Waals surface area (Å²) in [5.41, 5.74) is 0.487. The molecule has 1 heterocycles. The Kier molecular flexibility index (Phi) is 5.49. The highest BCUT2D eigenvalue weighted by Crippen LogP contribution is 2.21. The second-order valence-electron chi connectivity index (χ2n) is 5.19. The van der Waals surface area contributed by atoms with Crippen molar-refractivity contribution in [1.82, 2.24) is 4.90 Å². The molecule has 2 rings (SSSR count). The van der Waals surface area contributed by atoms with E-state index in [4.69, 9.17) is 5.11 Å². The van der Waals surface area contributed by atoms with E-state index in [9.17, 15) is 9.18 Å². The number of carbonyl (C=O) groups is 1. The molecule has 2 N–H and O–H groups in total. The van der Waals surface area contributed by atoms with Gasteiger partial charge in [-0.2, -0.15) is 0 Å². The predicted molar refractivity (Wildman–Crippen MR) is 75.9 cm³/mol. The van der Waals surface area contributed by atoms with Crippen LogP contribution in [0.15, 0.2) is 24.3 Å². The van der Waals surface area contributed by atoms with E-state index in [1.807, 2.05) is 0 Å². The lowest BCUT2D eigenvalue weighted by atomic mass is 10.1. The molecule has 1 aliphatic rings. The van der Waals surface area contributed by atoms with Crippen molar-refractivity contribution in [1.29, 1.82) is 0 Å². The van der Waals surface area contributed by atoms with Crippen LogP contribution in [0, 0.1) is 5.82 Å². The van der Waals surface area contributed by atoms with Crippen LogP contribution in [-0.4, -0.2) is 41.7 Å². The Balaban J connectivity index is 1.84. The minimum atomic E-state index is -0.357. The highest BCUT2D eigenvalue weighted by atomic mass is 19.1. The number of aliphatic hydroxyl groups is 1. The normalized spacial score (nSPS) is 19.2. The number of halogens is 1. The van der Waals surface area contributed by atoms with Crippen LogP contribution in [0.3, 0.4) is 0 Å². The van der Waals surface area contributed by atoms with E-state index in [-0.39, 0.29) is 18.3 Å². The fourth-order valence-electron chi connectivity index (χ4n) is 2.71. The van der Waals surface area contributed by atoms with E-state index < -0.39 is 0 Å². The van der Waals surface area contributed by atoms with Crippen LogP contribution in [0.25, 0.3) is 0 Å². The van der Waals surface area contributed by atoms with E-state index in [2.05, 4.69) is 10.2 Å². The molecular formula is C15H21FN2O2. The molecule has 1 fully saturated rings. The summed E-state index contributed by atoms with van der Waals surface area (Å²) in [7, 11) is 0. The summed E-state index contributed by atoms with van der Waals surface area (Å²) in [4.78, 5) is 14.1. The van der Waals surface area contributed by atoms with Crippen molar-refractivity contribution in [3.63, 3.8) is 0 Å². The first-order chi connectivity index (χ1) is 9.69. The molecule has 1 aliphatic heterocycles. The van der Waals surface area contributed by atoms with Gasteiger partial charge in [0.25, 0.3) is 0 Å². The Labute approximate surface area is 118 Å². The van der Waals surface area contributed by atoms with Crippen LogP contribution in [0.2, 0.25) is 0 Å². The maximum Gasteiger partial charge on any atom is 0.238 e. The van der Waals surface area contributed by atoms with Crippen LogP contribution in [-0.2, 0) is 4.79 Å². The van der Waals surface area contributed by atoms with Gasteiger partial charge in [-0.1, -0.05) is 6.07 Å². The monoisotopic (exact) mass is 280 g/mol. The third kappa shape index (κ3) is 4.28. The molecule has 1 aromatic carbocycles. The summed E-state index contributed by atoms with van der Waals surface area (Å²) in [5, 5.41) is 11.6. The van der Waals surface area contributed by atoms with Gasteiger partial charge in [0.05, 0.1) is 6.54 Å². The molecule has 1 aromatic rings. The van der Waals surface area contributed by atoms with Gasteiger partial charge in [-0.05, 0) is 50.4 Å². The fourth-order valence-corrected chi connectivity index (χ4v) is 2.71. The SMILES string of the molecule is O=C(CN1CCCC1CCCO)Nc1cccc(F)c1. The topological polar surface area (TPSA) is 52.6 Å². The Morgan fingerprint density at radius 2 is 2.35 bits per heavy atom. The summed E-state index contributed by atoms with van der Waals surface area (Å²) in [6, 6.07) is 6.28. The minimum absolute atomic E-state index is 0.119. The third-order valence-electron chi connectivity index (χ3n) is 3.65. The summed E-state index contributed by atoms with van der Waals surface area (Å²) < 4.78 is 13.0. The van der Waals surface area contributed by atoms with Gasteiger partial charge in [-0.15, -0.1) is 0 Å². The van der Waals surface area contributed by atoms with Crippen LogP contribution in [0.1, 0.15) is 25.7 Å². The molecule has 1 amide bonds. The molecule has 0 spiro atoms. The number of hydrogen-bond donors (Lipinski definition) is 2. The van der Waals surface area contributed by atoms with Gasteiger partial charge < -0.3 is 10.4 Å². The highest BCUT2D eigenvalue weighted by molar-refractivity contribution is 5.92. The Bertz CT molecular complexity index is 453. The van der Waals surface area contributed by atoms with Gasteiger partial charge >= 0.3 is 0 Å². The van der Waals surface area contributed by atoms with E-state index in [0.29, 0.717) is 18.3 Å². The zero-order valence-electron chi connectivity index (χ0n) is 11.5. The Hall–Kier alpha value is -1.46. The number of anilines is 1. The maximum absolute atomic E-state index is 13.0. The molecule has 4 nitrogen and oxygen atoms in total. The fraction of sp³-hybridized carbons (Fsp3) is 0.533. The summed E-state index contributed by atoms with van der Waals surface area (Å²) in [6.07, 6.45) is 3.85. The molecule has 0 radical (unpaired) electrons. The van der Waals surface area contributed by atoms with Crippen LogP contribution in [0.4, 0.5) is 10.1 Å². The molecule has 1 atom stereocenters. The van der Waals surface area contributed by atoms with Crippen molar-refractivity contribution in [3.8, 4) is 0 Å². The Morgan fingerprint density at radius 1 is 1.50 bits per heavy atom. The molecule has 0 aromatic heterocycles. The van der Waals surface area contributed by atoms with Crippen molar-refractivity contribution in [2.75, 3.05) is 25.0 Å². The van der Waals surface area contributed by atoms with E-state index in [1.54, 1.807) is 12.1 Å². The molecule has 0 aliphatic carbocycles. The maximum atomic E-state index is 13.0. The number of benzene rings is 1. The van der Waals surface area contributed by atoms with Crippen LogP contribution in [0.5, 0.6) is 0 Å². The molecule has 0 bridgehead atoms. The average Bonchev–Trinajstić information content (AvgIpc) is 2.83. The quantitative estimate of drug-likeness (QED) is 0.838. The second-order valence-corrected chi connectivity index (χ2v) is 5.19. The summed E-state index contributed by atoms with van der Waals surface area (Å²) >= 11 is 0. The second kappa shape index (κ2) is 7.36. The van der Waals surface area contributed by atoms with E-state index in [1.165, 1.54) is 12.1 Å². The molecule has 0 saturated carbocycles. The first-order valence-corrected chi connectivity index (χ1v) is 7.09. The van der Waals surface area contributed by atoms with Crippen molar-refractivity contribution in [2.24, 2.45) is 0 Å². The zero-order chi connectivity index (χ0) is 14.4. The third-order valence-corrected chi connectivity index (χ3v) is 3.65. The average molecular weight is 280 g/mol. The molecule has 20 heavy (non-hydrogen) atoms. The van der Waals surface area contributed by atoms with Gasteiger partial charge in [0, 0.05) is 18.3 Å². The van der Waals surface area contributed by atoms with Gasteiger partial charge in [-0.25, -0.2) is 4.39 Å². The summed E-state index contributed by atoms with van der Waals surface area (Å²) in [5.74, 6) is -0.476. The molecular weight excluding hydrogens is 259 g/mol. The van der Waals surface area contributed by atoms with Crippen molar-refractivity contribution >= 4 is 11.6 Å².